The van der Waals surface area contributed by atoms with Crippen LogP contribution in [0, 0.1) is 0 Å². The van der Waals surface area contributed by atoms with Gasteiger partial charge in [0.05, 0.1) is 6.04 Å². The number of hydrogen-bond donors (Lipinski definition) is 1. The summed E-state index contributed by atoms with van der Waals surface area (Å²) < 4.78 is 12.6. The van der Waals surface area contributed by atoms with Gasteiger partial charge in [0.25, 0.3) is 0 Å². The van der Waals surface area contributed by atoms with Crippen LogP contribution < -0.4 is 5.32 Å². The lowest BCUT2D eigenvalue weighted by atomic mass is 10.1. The summed E-state index contributed by atoms with van der Waals surface area (Å²) in [6, 6.07) is -0.237. The summed E-state index contributed by atoms with van der Waals surface area (Å²) in [6.07, 6.45) is 3.96. The van der Waals surface area contributed by atoms with Crippen molar-refractivity contribution in [2.24, 2.45) is 0 Å². The third kappa shape index (κ3) is 1.39. The minimum Gasteiger partial charge on any atom is -0.305 e. The van der Waals surface area contributed by atoms with Gasteiger partial charge in [0.15, 0.2) is 0 Å². The lowest BCUT2D eigenvalue weighted by Gasteiger charge is -2.16. The maximum atomic E-state index is 12.6. The van der Waals surface area contributed by atoms with Gasteiger partial charge in [0, 0.05) is 0 Å². The molecule has 1 N–H and O–H groups in total. The van der Waals surface area contributed by atoms with Crippen LogP contribution in [0.4, 0.5) is 4.39 Å². The molecule has 0 aromatic carbocycles. The maximum Gasteiger partial charge on any atom is 0.117 e. The van der Waals surface area contributed by atoms with Crippen LogP contribution in [0.1, 0.15) is 6.42 Å². The zero-order chi connectivity index (χ0) is 6.69. The minimum atomic E-state index is -0.237. The molecule has 0 amide bonds. The summed E-state index contributed by atoms with van der Waals surface area (Å²) in [4.78, 5) is 0. The molecule has 50 valence electrons. The molecule has 1 aliphatic heterocycles. The quantitative estimate of drug-likeness (QED) is 0.525. The van der Waals surface area contributed by atoms with Gasteiger partial charge in [-0.25, -0.2) is 4.39 Å². The SMILES string of the molecule is C=CC1NCCC=C1F. The second-order valence-corrected chi connectivity index (χ2v) is 2.05. The second-order valence-electron chi connectivity index (χ2n) is 2.05. The van der Waals surface area contributed by atoms with Gasteiger partial charge in [-0.2, -0.15) is 0 Å². The normalized spacial score (nSPS) is 27.2. The van der Waals surface area contributed by atoms with Crippen LogP contribution in [0.5, 0.6) is 0 Å². The Labute approximate surface area is 54.3 Å². The van der Waals surface area contributed by atoms with Gasteiger partial charge >= 0.3 is 0 Å². The predicted octanol–water partition coefficient (Wildman–Crippen LogP) is 1.39. The van der Waals surface area contributed by atoms with Crippen molar-refractivity contribution in [3.63, 3.8) is 0 Å². The first-order chi connectivity index (χ1) is 4.34. The van der Waals surface area contributed by atoms with Crippen LogP contribution in [-0.2, 0) is 0 Å². The molecule has 0 saturated heterocycles. The van der Waals surface area contributed by atoms with Gasteiger partial charge in [0.2, 0.25) is 0 Å². The van der Waals surface area contributed by atoms with E-state index in [-0.39, 0.29) is 11.9 Å². The first-order valence-corrected chi connectivity index (χ1v) is 3.06. The molecule has 1 heterocycles. The Balaban J connectivity index is 2.60. The standard InChI is InChI=1S/C7H10FN/c1-2-7-6(8)4-3-5-9-7/h2,4,7,9H,1,3,5H2. The average molecular weight is 127 g/mol. The topological polar surface area (TPSA) is 12.0 Å². The van der Waals surface area contributed by atoms with E-state index >= 15 is 0 Å². The predicted molar refractivity (Wildman–Crippen MR) is 35.8 cm³/mol. The molecular formula is C7H10FN. The summed E-state index contributed by atoms with van der Waals surface area (Å²) in [5.41, 5.74) is 0. The Morgan fingerprint density at radius 2 is 2.67 bits per heavy atom. The molecular weight excluding hydrogens is 117 g/mol. The zero-order valence-electron chi connectivity index (χ0n) is 5.23. The molecule has 0 aromatic heterocycles. The van der Waals surface area contributed by atoms with Gasteiger partial charge < -0.3 is 5.32 Å². The van der Waals surface area contributed by atoms with Gasteiger partial charge in [0.1, 0.15) is 5.83 Å². The average Bonchev–Trinajstić information content (AvgIpc) is 1.89. The molecule has 1 atom stereocenters. The maximum absolute atomic E-state index is 12.6. The van der Waals surface area contributed by atoms with Gasteiger partial charge in [-0.3, -0.25) is 0 Å². The fourth-order valence-corrected chi connectivity index (χ4v) is 0.869. The fourth-order valence-electron chi connectivity index (χ4n) is 0.869. The van der Waals surface area contributed by atoms with Crippen LogP contribution in [0.3, 0.4) is 0 Å². The summed E-state index contributed by atoms with van der Waals surface area (Å²) in [5.74, 6) is -0.101. The Morgan fingerprint density at radius 1 is 1.89 bits per heavy atom. The molecule has 1 rings (SSSR count). The van der Waals surface area contributed by atoms with E-state index in [9.17, 15) is 4.39 Å². The molecule has 0 bridgehead atoms. The number of hydrogen-bond acceptors (Lipinski definition) is 1. The van der Waals surface area contributed by atoms with E-state index in [0.717, 1.165) is 13.0 Å². The molecule has 1 unspecified atom stereocenters. The first kappa shape index (κ1) is 6.49. The zero-order valence-corrected chi connectivity index (χ0v) is 5.23. The van der Waals surface area contributed by atoms with E-state index in [1.165, 1.54) is 0 Å². The van der Waals surface area contributed by atoms with Gasteiger partial charge in [-0.05, 0) is 19.0 Å². The second kappa shape index (κ2) is 2.78. The van der Waals surface area contributed by atoms with Crippen LogP contribution in [0.25, 0.3) is 0 Å². The Kier molecular flexibility index (Phi) is 2.01. The third-order valence-electron chi connectivity index (χ3n) is 1.38. The van der Waals surface area contributed by atoms with E-state index in [4.69, 9.17) is 0 Å². The third-order valence-corrected chi connectivity index (χ3v) is 1.38. The highest BCUT2D eigenvalue weighted by atomic mass is 19.1. The number of rotatable bonds is 1. The highest BCUT2D eigenvalue weighted by Crippen LogP contribution is 2.09. The van der Waals surface area contributed by atoms with Crippen molar-refractivity contribution >= 4 is 0 Å². The highest BCUT2D eigenvalue weighted by molar-refractivity contribution is 5.12. The van der Waals surface area contributed by atoms with E-state index in [1.807, 2.05) is 0 Å². The Hall–Kier alpha value is -0.630. The van der Waals surface area contributed by atoms with Crippen molar-refractivity contribution < 1.29 is 4.39 Å². The number of halogens is 1. The summed E-state index contributed by atoms with van der Waals surface area (Å²) in [7, 11) is 0. The van der Waals surface area contributed by atoms with Crippen LogP contribution >= 0.6 is 0 Å². The molecule has 0 fully saturated rings. The highest BCUT2D eigenvalue weighted by Gasteiger charge is 2.11. The van der Waals surface area contributed by atoms with Gasteiger partial charge in [-0.1, -0.05) is 6.08 Å². The first-order valence-electron chi connectivity index (χ1n) is 3.06. The fraction of sp³-hybridized carbons (Fsp3) is 0.429. The lowest BCUT2D eigenvalue weighted by molar-refractivity contribution is 0.490. The van der Waals surface area contributed by atoms with Crippen LogP contribution in [0.15, 0.2) is 24.6 Å². The summed E-state index contributed by atoms with van der Waals surface area (Å²) >= 11 is 0. The van der Waals surface area contributed by atoms with Crippen molar-refractivity contribution in [3.05, 3.63) is 24.6 Å². The molecule has 1 aliphatic rings. The molecule has 0 spiro atoms. The molecule has 0 aliphatic carbocycles. The van der Waals surface area contributed by atoms with Crippen molar-refractivity contribution in [2.75, 3.05) is 6.54 Å². The summed E-state index contributed by atoms with van der Waals surface area (Å²) in [5, 5.41) is 2.96. The van der Waals surface area contributed by atoms with Crippen LogP contribution in [0.2, 0.25) is 0 Å². The van der Waals surface area contributed by atoms with Crippen molar-refractivity contribution in [1.29, 1.82) is 0 Å². The van der Waals surface area contributed by atoms with Crippen molar-refractivity contribution in [1.82, 2.24) is 5.32 Å². The molecule has 0 aromatic rings. The van der Waals surface area contributed by atoms with E-state index in [2.05, 4.69) is 11.9 Å². The number of nitrogens with one attached hydrogen (secondary N) is 1. The van der Waals surface area contributed by atoms with E-state index < -0.39 is 0 Å². The summed E-state index contributed by atoms with van der Waals surface area (Å²) in [6.45, 7) is 4.34. The Bertz CT molecular complexity index is 140. The minimum absolute atomic E-state index is 0.101. The Morgan fingerprint density at radius 3 is 3.11 bits per heavy atom. The van der Waals surface area contributed by atoms with E-state index in [1.54, 1.807) is 12.2 Å². The van der Waals surface area contributed by atoms with Crippen molar-refractivity contribution in [3.8, 4) is 0 Å². The monoisotopic (exact) mass is 127 g/mol. The molecule has 9 heavy (non-hydrogen) atoms. The largest absolute Gasteiger partial charge is 0.305 e. The molecule has 0 radical (unpaired) electrons. The van der Waals surface area contributed by atoms with E-state index in [0.29, 0.717) is 0 Å². The lowest BCUT2D eigenvalue weighted by Crippen LogP contribution is -2.31. The van der Waals surface area contributed by atoms with Crippen LogP contribution in [-0.4, -0.2) is 12.6 Å². The molecule has 1 nitrogen and oxygen atoms in total. The molecule has 0 saturated carbocycles. The molecule has 2 heteroatoms. The smallest absolute Gasteiger partial charge is 0.117 e. The van der Waals surface area contributed by atoms with Gasteiger partial charge in [-0.15, -0.1) is 6.58 Å². The van der Waals surface area contributed by atoms with Crippen molar-refractivity contribution in [2.45, 2.75) is 12.5 Å².